The summed E-state index contributed by atoms with van der Waals surface area (Å²) in [4.78, 5) is 13.4. The van der Waals surface area contributed by atoms with E-state index in [1.807, 2.05) is 6.92 Å². The molecule has 28 heavy (non-hydrogen) atoms. The van der Waals surface area contributed by atoms with Crippen LogP contribution in [0.15, 0.2) is 0 Å². The molecule has 2 nitrogen and oxygen atoms in total. The standard InChI is InChI=1S/C24H34O2S2/c1-2-26-22(25)21-23(17-5-13-3-14(7-17)8-18(23)6-13)28-24(27-21)19-9-15-4-16(11-19)12-20(24)10-15/h13-21H,2-12H2,1H3. The number of ether oxygens (including phenoxy) is 1. The Bertz CT molecular complexity index is 647. The molecule has 0 aromatic carbocycles. The summed E-state index contributed by atoms with van der Waals surface area (Å²) in [6.07, 6.45) is 14.5. The van der Waals surface area contributed by atoms with Gasteiger partial charge in [-0.15, -0.1) is 23.5 Å². The molecule has 8 aliphatic carbocycles. The van der Waals surface area contributed by atoms with Crippen molar-refractivity contribution in [3.8, 4) is 0 Å². The fourth-order valence-electron chi connectivity index (χ4n) is 9.80. The maximum Gasteiger partial charge on any atom is 0.320 e. The molecule has 0 aromatic rings. The van der Waals surface area contributed by atoms with Crippen molar-refractivity contribution in [3.05, 3.63) is 0 Å². The monoisotopic (exact) mass is 418 g/mol. The van der Waals surface area contributed by atoms with E-state index in [1.165, 1.54) is 64.2 Å². The number of carbonyl (C=O) groups excluding carboxylic acids is 1. The van der Waals surface area contributed by atoms with Gasteiger partial charge in [0, 0.05) is 4.75 Å². The van der Waals surface area contributed by atoms with Crippen LogP contribution in [0, 0.1) is 47.3 Å². The van der Waals surface area contributed by atoms with Crippen LogP contribution >= 0.6 is 23.5 Å². The van der Waals surface area contributed by atoms with E-state index in [0.717, 1.165) is 47.3 Å². The molecular formula is C24H34O2S2. The molecule has 1 saturated heterocycles. The Labute approximate surface area is 178 Å². The molecule has 0 amide bonds. The first-order valence-corrected chi connectivity index (χ1v) is 13.8. The molecule has 9 aliphatic rings. The second-order valence-electron chi connectivity index (χ2n) is 11.5. The van der Waals surface area contributed by atoms with Crippen molar-refractivity contribution in [1.29, 1.82) is 0 Å². The van der Waals surface area contributed by atoms with Gasteiger partial charge in [-0.25, -0.2) is 0 Å². The Hall–Kier alpha value is 0.170. The van der Waals surface area contributed by atoms with Gasteiger partial charge >= 0.3 is 5.97 Å². The Balaban J connectivity index is 1.32. The summed E-state index contributed by atoms with van der Waals surface area (Å²) >= 11 is 4.57. The first kappa shape index (κ1) is 17.8. The predicted octanol–water partition coefficient (Wildman–Crippen LogP) is 5.75. The Morgan fingerprint density at radius 2 is 1.25 bits per heavy atom. The minimum Gasteiger partial charge on any atom is -0.465 e. The van der Waals surface area contributed by atoms with Gasteiger partial charge in [-0.1, -0.05) is 0 Å². The topological polar surface area (TPSA) is 26.3 Å². The van der Waals surface area contributed by atoms with E-state index < -0.39 is 0 Å². The zero-order chi connectivity index (χ0) is 18.7. The number of hydrogen-bond donors (Lipinski definition) is 0. The molecule has 0 N–H and O–H groups in total. The second-order valence-corrected chi connectivity index (χ2v) is 14.8. The van der Waals surface area contributed by atoms with Gasteiger partial charge in [-0.05, 0) is 118 Å². The molecule has 1 aliphatic heterocycles. The molecule has 1 heterocycles. The highest BCUT2D eigenvalue weighted by molar-refractivity contribution is 8.23. The molecular weight excluding hydrogens is 384 g/mol. The van der Waals surface area contributed by atoms with Gasteiger partial charge in [0.2, 0.25) is 0 Å². The number of rotatable bonds is 2. The molecule has 9 fully saturated rings. The quantitative estimate of drug-likeness (QED) is 0.534. The van der Waals surface area contributed by atoms with E-state index in [2.05, 4.69) is 23.5 Å². The summed E-state index contributed by atoms with van der Waals surface area (Å²) in [5, 5.41) is 0.116. The number of esters is 1. The maximum absolute atomic E-state index is 13.4. The fraction of sp³-hybridized carbons (Fsp3) is 0.958. The lowest BCUT2D eigenvalue weighted by Gasteiger charge is -2.63. The van der Waals surface area contributed by atoms with Crippen molar-refractivity contribution in [2.24, 2.45) is 47.3 Å². The summed E-state index contributed by atoms with van der Waals surface area (Å²) < 4.78 is 6.33. The van der Waals surface area contributed by atoms with Gasteiger partial charge < -0.3 is 4.74 Å². The summed E-state index contributed by atoms with van der Waals surface area (Å²) in [5.41, 5.74) is 0. The molecule has 1 unspecified atom stereocenters. The van der Waals surface area contributed by atoms with Crippen molar-refractivity contribution >= 4 is 29.5 Å². The smallest absolute Gasteiger partial charge is 0.320 e. The summed E-state index contributed by atoms with van der Waals surface area (Å²) in [6, 6.07) is 0. The lowest BCUT2D eigenvalue weighted by atomic mass is 9.50. The zero-order valence-electron chi connectivity index (χ0n) is 17.1. The minimum atomic E-state index is 0.116. The van der Waals surface area contributed by atoms with Crippen molar-refractivity contribution in [1.82, 2.24) is 0 Å². The Morgan fingerprint density at radius 1 is 0.786 bits per heavy atom. The van der Waals surface area contributed by atoms with Crippen LogP contribution in [0.2, 0.25) is 0 Å². The molecule has 4 heteroatoms. The predicted molar refractivity (Wildman–Crippen MR) is 115 cm³/mol. The normalized spacial score (nSPS) is 60.2. The van der Waals surface area contributed by atoms with E-state index >= 15 is 0 Å². The maximum atomic E-state index is 13.4. The van der Waals surface area contributed by atoms with Crippen LogP contribution in [0.25, 0.3) is 0 Å². The van der Waals surface area contributed by atoms with Gasteiger partial charge in [0.05, 0.1) is 10.7 Å². The average Bonchev–Trinajstić information content (AvgIpc) is 3.02. The van der Waals surface area contributed by atoms with Crippen LogP contribution in [0.4, 0.5) is 0 Å². The highest BCUT2D eigenvalue weighted by Gasteiger charge is 2.73. The molecule has 2 spiro atoms. The third-order valence-corrected chi connectivity index (χ3v) is 15.0. The van der Waals surface area contributed by atoms with Crippen molar-refractivity contribution in [2.45, 2.75) is 85.2 Å². The van der Waals surface area contributed by atoms with Crippen molar-refractivity contribution < 1.29 is 9.53 Å². The molecule has 0 aromatic heterocycles. The zero-order valence-corrected chi connectivity index (χ0v) is 18.7. The fourth-order valence-corrected chi connectivity index (χ4v) is 15.1. The Kier molecular flexibility index (Phi) is 3.75. The minimum absolute atomic E-state index is 0.116. The van der Waals surface area contributed by atoms with Crippen LogP contribution in [0.5, 0.6) is 0 Å². The van der Waals surface area contributed by atoms with Gasteiger partial charge in [0.1, 0.15) is 5.25 Å². The molecule has 1 atom stereocenters. The molecule has 0 radical (unpaired) electrons. The first-order chi connectivity index (χ1) is 13.6. The molecule has 9 rings (SSSR count). The molecule has 8 saturated carbocycles. The van der Waals surface area contributed by atoms with Crippen LogP contribution in [0.3, 0.4) is 0 Å². The van der Waals surface area contributed by atoms with E-state index in [9.17, 15) is 4.79 Å². The SMILES string of the molecule is CCOC(=O)C1SC2(SC13C1CC4CC(C1)CC3C4)C1CC3CC(C1)CC2C3. The summed E-state index contributed by atoms with van der Waals surface area (Å²) in [5.74, 6) is 7.40. The highest BCUT2D eigenvalue weighted by Crippen LogP contribution is 2.79. The van der Waals surface area contributed by atoms with Crippen LogP contribution in [0.1, 0.15) is 71.1 Å². The van der Waals surface area contributed by atoms with Crippen LogP contribution < -0.4 is 0 Å². The van der Waals surface area contributed by atoms with Crippen LogP contribution in [-0.4, -0.2) is 26.7 Å². The molecule has 8 bridgehead atoms. The van der Waals surface area contributed by atoms with Gasteiger partial charge in [0.25, 0.3) is 0 Å². The van der Waals surface area contributed by atoms with Gasteiger partial charge in [-0.3, -0.25) is 4.79 Å². The summed E-state index contributed by atoms with van der Waals surface area (Å²) in [7, 11) is 0. The third-order valence-electron chi connectivity index (χ3n) is 10.2. The first-order valence-electron chi connectivity index (χ1n) is 12.1. The van der Waals surface area contributed by atoms with Crippen molar-refractivity contribution in [2.75, 3.05) is 6.61 Å². The lowest BCUT2D eigenvalue weighted by molar-refractivity contribution is -0.145. The van der Waals surface area contributed by atoms with E-state index in [-0.39, 0.29) is 16.0 Å². The summed E-state index contributed by atoms with van der Waals surface area (Å²) in [6.45, 7) is 2.54. The number of thioether (sulfide) groups is 2. The van der Waals surface area contributed by atoms with Crippen LogP contribution in [-0.2, 0) is 9.53 Å². The highest BCUT2D eigenvalue weighted by atomic mass is 32.2. The number of carbonyl (C=O) groups is 1. The van der Waals surface area contributed by atoms with Gasteiger partial charge in [-0.2, -0.15) is 0 Å². The molecule has 154 valence electrons. The van der Waals surface area contributed by atoms with Gasteiger partial charge in [0.15, 0.2) is 0 Å². The third kappa shape index (κ3) is 2.13. The Morgan fingerprint density at radius 3 is 1.71 bits per heavy atom. The average molecular weight is 419 g/mol. The van der Waals surface area contributed by atoms with E-state index in [4.69, 9.17) is 4.74 Å². The van der Waals surface area contributed by atoms with Crippen molar-refractivity contribution in [3.63, 3.8) is 0 Å². The van der Waals surface area contributed by atoms with E-state index in [1.54, 1.807) is 0 Å². The second kappa shape index (κ2) is 5.90. The number of hydrogen-bond acceptors (Lipinski definition) is 4. The van der Waals surface area contributed by atoms with E-state index in [0.29, 0.717) is 10.7 Å². The largest absolute Gasteiger partial charge is 0.465 e. The lowest BCUT2D eigenvalue weighted by Crippen LogP contribution is -2.61.